The molecule has 0 aliphatic carbocycles. The van der Waals surface area contributed by atoms with Crippen molar-refractivity contribution in [2.24, 2.45) is 0 Å². The number of hydrogen-bond acceptors (Lipinski definition) is 5. The molecule has 1 atom stereocenters. The van der Waals surface area contributed by atoms with E-state index in [0.29, 0.717) is 16.6 Å². The molecule has 0 aliphatic heterocycles. The number of hydrogen-bond donors (Lipinski definition) is 3. The van der Waals surface area contributed by atoms with Gasteiger partial charge in [0.25, 0.3) is 0 Å². The number of carbonyl (C=O) groups is 1. The molecular formula is C20H15F2N5O2. The highest BCUT2D eigenvalue weighted by Crippen LogP contribution is 2.28. The van der Waals surface area contributed by atoms with Crippen LogP contribution in [0.25, 0.3) is 22.4 Å². The molecule has 0 spiro atoms. The fraction of sp³-hybridized carbons (Fsp3) is 0.100. The highest BCUT2D eigenvalue weighted by Gasteiger charge is 2.16. The summed E-state index contributed by atoms with van der Waals surface area (Å²) in [6.45, 7) is 1.79. The van der Waals surface area contributed by atoms with Crippen LogP contribution in [0.4, 0.5) is 14.6 Å². The van der Waals surface area contributed by atoms with Crippen molar-refractivity contribution in [3.05, 3.63) is 71.7 Å². The highest BCUT2D eigenvalue weighted by atomic mass is 19.1. The molecule has 3 N–H and O–H groups in total. The predicted octanol–water partition coefficient (Wildman–Crippen LogP) is 4.17. The second kappa shape index (κ2) is 7.27. The minimum Gasteiger partial charge on any atom is -0.478 e. The quantitative estimate of drug-likeness (QED) is 0.469. The monoisotopic (exact) mass is 395 g/mol. The van der Waals surface area contributed by atoms with Gasteiger partial charge in [0.05, 0.1) is 17.8 Å². The normalized spacial score (nSPS) is 12.1. The van der Waals surface area contributed by atoms with Crippen LogP contribution in [0.1, 0.15) is 28.9 Å². The van der Waals surface area contributed by atoms with Crippen molar-refractivity contribution in [3.63, 3.8) is 0 Å². The third kappa shape index (κ3) is 3.62. The van der Waals surface area contributed by atoms with Crippen molar-refractivity contribution >= 4 is 22.8 Å². The van der Waals surface area contributed by atoms with Gasteiger partial charge in [-0.25, -0.2) is 28.5 Å². The average molecular weight is 395 g/mol. The smallest absolute Gasteiger partial charge is 0.337 e. The Morgan fingerprint density at radius 3 is 2.66 bits per heavy atom. The molecule has 4 aromatic rings. The summed E-state index contributed by atoms with van der Waals surface area (Å²) >= 11 is 0. The van der Waals surface area contributed by atoms with Gasteiger partial charge in [0.15, 0.2) is 17.5 Å². The zero-order valence-electron chi connectivity index (χ0n) is 15.1. The zero-order valence-corrected chi connectivity index (χ0v) is 15.1. The number of aromatic amines is 1. The lowest BCUT2D eigenvalue weighted by Crippen LogP contribution is -2.10. The Morgan fingerprint density at radius 1 is 1.17 bits per heavy atom. The van der Waals surface area contributed by atoms with Gasteiger partial charge in [-0.2, -0.15) is 0 Å². The van der Waals surface area contributed by atoms with E-state index >= 15 is 0 Å². The second-order valence-electron chi connectivity index (χ2n) is 6.44. The van der Waals surface area contributed by atoms with Crippen molar-refractivity contribution in [3.8, 4) is 11.4 Å². The van der Waals surface area contributed by atoms with Gasteiger partial charge in [-0.15, -0.1) is 0 Å². The molecule has 0 fully saturated rings. The lowest BCUT2D eigenvalue weighted by atomic mass is 10.1. The number of carboxylic acid groups (broad SMARTS) is 1. The molecule has 29 heavy (non-hydrogen) atoms. The molecular weight excluding hydrogens is 380 g/mol. The minimum absolute atomic E-state index is 0.0174. The van der Waals surface area contributed by atoms with Crippen LogP contribution in [0.2, 0.25) is 0 Å². The SMILES string of the molecule is C[C@H](Nc1nc(-c2c[nH]c3ncc(C(=O)O)cc23)ncc1F)c1ccc(F)cc1. The van der Waals surface area contributed by atoms with E-state index in [1.165, 1.54) is 24.4 Å². The van der Waals surface area contributed by atoms with Gasteiger partial charge < -0.3 is 15.4 Å². The molecule has 7 nitrogen and oxygen atoms in total. The number of anilines is 1. The lowest BCUT2D eigenvalue weighted by Gasteiger charge is -2.16. The van der Waals surface area contributed by atoms with Crippen LogP contribution in [0, 0.1) is 11.6 Å². The molecule has 0 bridgehead atoms. The first kappa shape index (κ1) is 18.5. The standard InChI is InChI=1S/C20H15F2N5O2/c1-10(11-2-4-13(21)5-3-11)26-19-16(22)9-25-18(27-19)15-8-24-17-14(15)6-12(7-23-17)20(28)29/h2-10H,1H3,(H,23,24)(H,28,29)(H,25,26,27)/t10-/m0/s1. The molecule has 4 rings (SSSR count). The van der Waals surface area contributed by atoms with E-state index in [1.54, 1.807) is 25.3 Å². The molecule has 0 saturated carbocycles. The molecule has 0 saturated heterocycles. The first-order valence-electron chi connectivity index (χ1n) is 8.67. The molecule has 3 aromatic heterocycles. The van der Waals surface area contributed by atoms with Gasteiger partial charge in [-0.3, -0.25) is 0 Å². The fourth-order valence-corrected chi connectivity index (χ4v) is 2.94. The molecule has 0 amide bonds. The van der Waals surface area contributed by atoms with E-state index in [0.717, 1.165) is 11.8 Å². The third-order valence-corrected chi connectivity index (χ3v) is 4.49. The zero-order chi connectivity index (χ0) is 20.5. The Hall–Kier alpha value is -3.88. The van der Waals surface area contributed by atoms with Gasteiger partial charge >= 0.3 is 5.97 Å². The maximum absolute atomic E-state index is 14.3. The number of H-pyrrole nitrogens is 1. The van der Waals surface area contributed by atoms with Crippen molar-refractivity contribution < 1.29 is 18.7 Å². The Balaban J connectivity index is 1.70. The number of carboxylic acids is 1. The van der Waals surface area contributed by atoms with Crippen LogP contribution in [-0.2, 0) is 0 Å². The van der Waals surface area contributed by atoms with Gasteiger partial charge in [-0.1, -0.05) is 12.1 Å². The van der Waals surface area contributed by atoms with E-state index in [9.17, 15) is 18.7 Å². The van der Waals surface area contributed by atoms with Gasteiger partial charge in [0, 0.05) is 23.3 Å². The van der Waals surface area contributed by atoms with Gasteiger partial charge in [0.1, 0.15) is 11.5 Å². The van der Waals surface area contributed by atoms with Crippen LogP contribution in [0.15, 0.2) is 48.9 Å². The van der Waals surface area contributed by atoms with E-state index in [-0.39, 0.29) is 29.1 Å². The molecule has 0 aliphatic rings. The van der Waals surface area contributed by atoms with E-state index in [2.05, 4.69) is 25.3 Å². The van der Waals surface area contributed by atoms with E-state index in [1.807, 2.05) is 0 Å². The number of benzene rings is 1. The Bertz CT molecular complexity index is 1210. The van der Waals surface area contributed by atoms with Crippen molar-refractivity contribution in [1.82, 2.24) is 19.9 Å². The van der Waals surface area contributed by atoms with Crippen molar-refractivity contribution in [1.29, 1.82) is 0 Å². The summed E-state index contributed by atoms with van der Waals surface area (Å²) in [4.78, 5) is 26.5. The molecule has 1 aromatic carbocycles. The number of aromatic nitrogens is 4. The molecule has 146 valence electrons. The predicted molar refractivity (Wildman–Crippen MR) is 102 cm³/mol. The molecule has 0 unspecified atom stereocenters. The van der Waals surface area contributed by atoms with Crippen LogP contribution >= 0.6 is 0 Å². The number of nitrogens with one attached hydrogen (secondary N) is 2. The molecule has 9 heteroatoms. The average Bonchev–Trinajstić information content (AvgIpc) is 3.13. The summed E-state index contributed by atoms with van der Waals surface area (Å²) < 4.78 is 27.4. The summed E-state index contributed by atoms with van der Waals surface area (Å²) in [5.41, 5.74) is 1.73. The number of nitrogens with zero attached hydrogens (tertiary/aromatic N) is 3. The summed E-state index contributed by atoms with van der Waals surface area (Å²) in [5.74, 6) is -1.93. The largest absolute Gasteiger partial charge is 0.478 e. The summed E-state index contributed by atoms with van der Waals surface area (Å²) in [5, 5.41) is 12.6. The maximum atomic E-state index is 14.3. The Morgan fingerprint density at radius 2 is 1.93 bits per heavy atom. The molecule has 3 heterocycles. The summed E-state index contributed by atoms with van der Waals surface area (Å²) in [6, 6.07) is 6.98. The minimum atomic E-state index is -1.11. The Labute approximate surface area is 163 Å². The molecule has 0 radical (unpaired) electrons. The maximum Gasteiger partial charge on any atom is 0.337 e. The van der Waals surface area contributed by atoms with Crippen LogP contribution in [0.3, 0.4) is 0 Å². The third-order valence-electron chi connectivity index (χ3n) is 4.49. The number of aromatic carboxylic acids is 1. The Kier molecular flexibility index (Phi) is 4.63. The van der Waals surface area contributed by atoms with Crippen LogP contribution < -0.4 is 5.32 Å². The highest BCUT2D eigenvalue weighted by molar-refractivity contribution is 5.97. The summed E-state index contributed by atoms with van der Waals surface area (Å²) in [7, 11) is 0. The number of fused-ring (bicyclic) bond motifs is 1. The first-order valence-corrected chi connectivity index (χ1v) is 8.67. The van der Waals surface area contributed by atoms with Crippen LogP contribution in [0.5, 0.6) is 0 Å². The summed E-state index contributed by atoms with van der Waals surface area (Å²) in [6.07, 6.45) is 3.87. The van der Waals surface area contributed by atoms with E-state index < -0.39 is 11.8 Å². The fourth-order valence-electron chi connectivity index (χ4n) is 2.94. The van der Waals surface area contributed by atoms with Gasteiger partial charge in [0.2, 0.25) is 0 Å². The number of halogens is 2. The van der Waals surface area contributed by atoms with Crippen LogP contribution in [-0.4, -0.2) is 31.0 Å². The van der Waals surface area contributed by atoms with Crippen molar-refractivity contribution in [2.45, 2.75) is 13.0 Å². The lowest BCUT2D eigenvalue weighted by molar-refractivity contribution is 0.0696. The number of pyridine rings is 1. The number of rotatable bonds is 5. The second-order valence-corrected chi connectivity index (χ2v) is 6.44. The first-order chi connectivity index (χ1) is 13.9. The van der Waals surface area contributed by atoms with Gasteiger partial charge in [-0.05, 0) is 30.7 Å². The topological polar surface area (TPSA) is 104 Å². The van der Waals surface area contributed by atoms with E-state index in [4.69, 9.17) is 0 Å². The van der Waals surface area contributed by atoms with Crippen molar-refractivity contribution in [2.75, 3.05) is 5.32 Å².